The molecule has 0 saturated heterocycles. The van der Waals surface area contributed by atoms with Gasteiger partial charge in [0, 0.05) is 33.4 Å². The van der Waals surface area contributed by atoms with E-state index in [2.05, 4.69) is 19.2 Å². The van der Waals surface area contributed by atoms with E-state index in [1.54, 1.807) is 7.11 Å². The maximum atomic E-state index is 5.81. The van der Waals surface area contributed by atoms with Crippen LogP contribution in [0.3, 0.4) is 0 Å². The first kappa shape index (κ1) is 15.3. The topological polar surface area (TPSA) is 30.5 Å². The molecule has 0 heterocycles. The van der Waals surface area contributed by atoms with Crippen LogP contribution in [0.4, 0.5) is 0 Å². The van der Waals surface area contributed by atoms with Crippen molar-refractivity contribution in [3.8, 4) is 0 Å². The predicted molar refractivity (Wildman–Crippen MR) is 78.3 cm³/mol. The van der Waals surface area contributed by atoms with Gasteiger partial charge >= 0.3 is 0 Å². The summed E-state index contributed by atoms with van der Waals surface area (Å²) in [5.41, 5.74) is 0.512. The zero-order valence-corrected chi connectivity index (χ0v) is 12.9. The minimum absolute atomic E-state index is 0.512. The monoisotopic (exact) mass is 269 g/mol. The summed E-state index contributed by atoms with van der Waals surface area (Å²) < 4.78 is 10.9. The molecule has 2 atom stereocenters. The van der Waals surface area contributed by atoms with Gasteiger partial charge in [-0.2, -0.15) is 0 Å². The van der Waals surface area contributed by atoms with Gasteiger partial charge in [0.15, 0.2) is 0 Å². The number of methoxy groups -OCH3 is 1. The zero-order chi connectivity index (χ0) is 13.7. The van der Waals surface area contributed by atoms with Crippen molar-refractivity contribution < 1.29 is 9.47 Å². The second-order valence-corrected chi connectivity index (χ2v) is 7.05. The van der Waals surface area contributed by atoms with Crippen LogP contribution in [0.15, 0.2) is 0 Å². The van der Waals surface area contributed by atoms with E-state index in [1.807, 2.05) is 0 Å². The molecule has 2 aliphatic carbocycles. The summed E-state index contributed by atoms with van der Waals surface area (Å²) >= 11 is 0. The molecular weight excluding hydrogens is 238 g/mol. The van der Waals surface area contributed by atoms with Crippen molar-refractivity contribution in [2.75, 3.05) is 40.0 Å². The summed E-state index contributed by atoms with van der Waals surface area (Å²) in [5.74, 6) is 2.72. The van der Waals surface area contributed by atoms with Crippen molar-refractivity contribution in [1.82, 2.24) is 5.32 Å². The Morgan fingerprint density at radius 2 is 1.95 bits per heavy atom. The van der Waals surface area contributed by atoms with Crippen LogP contribution < -0.4 is 5.32 Å². The zero-order valence-electron chi connectivity index (χ0n) is 12.9. The molecule has 0 amide bonds. The lowest BCUT2D eigenvalue weighted by molar-refractivity contribution is 0.0721. The van der Waals surface area contributed by atoms with Crippen LogP contribution in [-0.2, 0) is 9.47 Å². The van der Waals surface area contributed by atoms with Crippen molar-refractivity contribution in [3.05, 3.63) is 0 Å². The first-order valence-corrected chi connectivity index (χ1v) is 7.92. The molecule has 2 fully saturated rings. The maximum Gasteiger partial charge on any atom is 0.0587 e. The minimum Gasteiger partial charge on any atom is -0.383 e. The molecule has 0 spiro atoms. The fourth-order valence-corrected chi connectivity index (χ4v) is 3.58. The molecule has 0 aromatic rings. The van der Waals surface area contributed by atoms with Gasteiger partial charge in [-0.3, -0.25) is 0 Å². The fraction of sp³-hybridized carbons (Fsp3) is 1.00. The summed E-state index contributed by atoms with van der Waals surface area (Å²) in [4.78, 5) is 0. The normalized spacial score (nSPS) is 32.8. The number of hydrogen-bond donors (Lipinski definition) is 1. The number of nitrogens with one attached hydrogen (secondary N) is 1. The van der Waals surface area contributed by atoms with Crippen LogP contribution in [0.1, 0.15) is 39.5 Å². The number of hydrogen-bond acceptors (Lipinski definition) is 3. The number of fused-ring (bicyclic) bond motifs is 1. The summed E-state index contributed by atoms with van der Waals surface area (Å²) in [5, 5.41) is 3.58. The molecule has 0 radical (unpaired) electrons. The van der Waals surface area contributed by atoms with Crippen LogP contribution >= 0.6 is 0 Å². The molecule has 0 aromatic carbocycles. The van der Waals surface area contributed by atoms with Crippen molar-refractivity contribution in [3.63, 3.8) is 0 Å². The van der Waals surface area contributed by atoms with Crippen LogP contribution in [0.2, 0.25) is 0 Å². The van der Waals surface area contributed by atoms with Gasteiger partial charge in [-0.25, -0.2) is 0 Å². The van der Waals surface area contributed by atoms with Crippen LogP contribution in [0.5, 0.6) is 0 Å². The molecule has 2 unspecified atom stereocenters. The fourth-order valence-electron chi connectivity index (χ4n) is 3.58. The van der Waals surface area contributed by atoms with Crippen molar-refractivity contribution in [1.29, 1.82) is 0 Å². The Morgan fingerprint density at radius 3 is 2.58 bits per heavy atom. The second-order valence-electron chi connectivity index (χ2n) is 7.05. The second kappa shape index (κ2) is 7.05. The Morgan fingerprint density at radius 1 is 1.21 bits per heavy atom. The summed E-state index contributed by atoms with van der Waals surface area (Å²) in [6.07, 6.45) is 5.56. The molecular formula is C16H31NO2. The average Bonchev–Trinajstić information content (AvgIpc) is 2.99. The van der Waals surface area contributed by atoms with Gasteiger partial charge < -0.3 is 14.8 Å². The highest BCUT2D eigenvalue weighted by Crippen LogP contribution is 2.60. The van der Waals surface area contributed by atoms with E-state index in [1.165, 1.54) is 25.7 Å². The average molecular weight is 269 g/mol. The Labute approximate surface area is 118 Å². The smallest absolute Gasteiger partial charge is 0.0587 e. The summed E-state index contributed by atoms with van der Waals surface area (Å²) in [6, 6.07) is 0. The predicted octanol–water partition coefficient (Wildman–Crippen LogP) is 2.70. The molecule has 3 heteroatoms. The van der Waals surface area contributed by atoms with Gasteiger partial charge in [0.2, 0.25) is 0 Å². The highest BCUT2D eigenvalue weighted by atomic mass is 16.5. The van der Waals surface area contributed by atoms with Crippen LogP contribution in [0, 0.1) is 23.2 Å². The van der Waals surface area contributed by atoms with Gasteiger partial charge in [0.05, 0.1) is 6.61 Å². The third-order valence-electron chi connectivity index (χ3n) is 4.67. The SMILES string of the molecule is COCCNCC1(CCOCC(C)C)CC2CC2C1. The molecule has 0 aliphatic heterocycles. The van der Waals surface area contributed by atoms with E-state index >= 15 is 0 Å². The first-order valence-electron chi connectivity index (χ1n) is 7.92. The number of rotatable bonds is 10. The quantitative estimate of drug-likeness (QED) is 0.619. The summed E-state index contributed by atoms with van der Waals surface area (Å²) in [7, 11) is 1.77. The Hall–Kier alpha value is -0.120. The van der Waals surface area contributed by atoms with Gasteiger partial charge in [-0.05, 0) is 48.9 Å². The molecule has 2 rings (SSSR count). The van der Waals surface area contributed by atoms with Crippen LogP contribution in [-0.4, -0.2) is 40.0 Å². The van der Waals surface area contributed by atoms with Crippen molar-refractivity contribution in [2.45, 2.75) is 39.5 Å². The number of ether oxygens (including phenoxy) is 2. The lowest BCUT2D eigenvalue weighted by Gasteiger charge is -2.31. The molecule has 19 heavy (non-hydrogen) atoms. The lowest BCUT2D eigenvalue weighted by atomic mass is 9.80. The molecule has 2 aliphatic rings. The molecule has 112 valence electrons. The van der Waals surface area contributed by atoms with Crippen molar-refractivity contribution in [2.24, 2.45) is 23.2 Å². The molecule has 0 aromatic heterocycles. The first-order chi connectivity index (χ1) is 9.15. The van der Waals surface area contributed by atoms with Gasteiger partial charge in [0.1, 0.15) is 0 Å². The lowest BCUT2D eigenvalue weighted by Crippen LogP contribution is -2.36. The van der Waals surface area contributed by atoms with Gasteiger partial charge in [-0.1, -0.05) is 13.8 Å². The Balaban J connectivity index is 1.69. The molecule has 0 bridgehead atoms. The van der Waals surface area contributed by atoms with E-state index in [0.717, 1.165) is 44.7 Å². The van der Waals surface area contributed by atoms with E-state index in [9.17, 15) is 0 Å². The van der Waals surface area contributed by atoms with E-state index in [-0.39, 0.29) is 0 Å². The van der Waals surface area contributed by atoms with Gasteiger partial charge in [0.25, 0.3) is 0 Å². The van der Waals surface area contributed by atoms with Gasteiger partial charge in [-0.15, -0.1) is 0 Å². The molecule has 2 saturated carbocycles. The summed E-state index contributed by atoms with van der Waals surface area (Å²) in [6.45, 7) is 9.20. The molecule has 1 N–H and O–H groups in total. The molecule has 3 nitrogen and oxygen atoms in total. The van der Waals surface area contributed by atoms with E-state index < -0.39 is 0 Å². The highest BCUT2D eigenvalue weighted by Gasteiger charge is 2.52. The third kappa shape index (κ3) is 4.73. The largest absolute Gasteiger partial charge is 0.383 e. The third-order valence-corrected chi connectivity index (χ3v) is 4.67. The highest BCUT2D eigenvalue weighted by molar-refractivity contribution is 5.04. The Kier molecular flexibility index (Phi) is 5.67. The standard InChI is InChI=1S/C16H31NO2/c1-13(2)11-19-6-4-16(12-17-5-7-18-3)9-14-8-15(14)10-16/h13-15,17H,4-12H2,1-3H3. The Bertz CT molecular complexity index is 257. The van der Waals surface area contributed by atoms with Crippen LogP contribution in [0.25, 0.3) is 0 Å². The minimum atomic E-state index is 0.512. The maximum absolute atomic E-state index is 5.81. The van der Waals surface area contributed by atoms with Crippen molar-refractivity contribution >= 4 is 0 Å². The van der Waals surface area contributed by atoms with E-state index in [0.29, 0.717) is 11.3 Å². The van der Waals surface area contributed by atoms with E-state index in [4.69, 9.17) is 9.47 Å².